The molecule has 0 bridgehead atoms. The smallest absolute Gasteiger partial charge is 0.0471 e. The molecule has 0 spiro atoms. The minimum absolute atomic E-state index is 0.364. The average molecular weight is 217 g/mol. The lowest BCUT2D eigenvalue weighted by molar-refractivity contribution is 0.218. The predicted octanol–water partition coefficient (Wildman–Crippen LogP) is 1.65. The monoisotopic (exact) mass is 217 g/mol. The molecule has 0 aliphatic carbocycles. The van der Waals surface area contributed by atoms with E-state index in [4.69, 9.17) is 5.11 Å². The number of aliphatic hydroxyl groups excluding tert-OH is 1. The van der Waals surface area contributed by atoms with Gasteiger partial charge in [-0.15, -0.1) is 0 Å². The van der Waals surface area contributed by atoms with E-state index < -0.39 is 0 Å². The van der Waals surface area contributed by atoms with Gasteiger partial charge in [0.05, 0.1) is 0 Å². The summed E-state index contributed by atoms with van der Waals surface area (Å²) in [6, 6.07) is 0. The second kappa shape index (κ2) is 6.70. The van der Waals surface area contributed by atoms with Gasteiger partial charge in [-0.05, 0) is 49.9 Å². The van der Waals surface area contributed by atoms with Gasteiger partial charge in [0.25, 0.3) is 0 Å². The van der Waals surface area contributed by atoms with Crippen molar-refractivity contribution in [1.29, 1.82) is 0 Å². The molecule has 0 aromatic heterocycles. The van der Waals surface area contributed by atoms with Gasteiger partial charge in [-0.1, -0.05) is 6.92 Å². The van der Waals surface area contributed by atoms with Gasteiger partial charge in [0.2, 0.25) is 0 Å². The molecule has 0 radical (unpaired) electrons. The van der Waals surface area contributed by atoms with Crippen LogP contribution in [0, 0.1) is 11.8 Å². The lowest BCUT2D eigenvalue weighted by Gasteiger charge is -2.18. The largest absolute Gasteiger partial charge is 0.396 e. The van der Waals surface area contributed by atoms with E-state index in [1.54, 1.807) is 0 Å². The molecular weight excluding hydrogens is 194 g/mol. The molecule has 1 saturated heterocycles. The fraction of sp³-hybridized carbons (Fsp3) is 1.00. The number of thiol groups is 1. The SMILES string of the molecule is CC(CCS)CCN1CCC(CO)C1. The molecule has 1 heterocycles. The van der Waals surface area contributed by atoms with Crippen molar-refractivity contribution in [3.05, 3.63) is 0 Å². The maximum atomic E-state index is 9.01. The summed E-state index contributed by atoms with van der Waals surface area (Å²) in [4.78, 5) is 2.48. The molecule has 84 valence electrons. The number of nitrogens with zero attached hydrogens (tertiary/aromatic N) is 1. The zero-order chi connectivity index (χ0) is 10.4. The maximum Gasteiger partial charge on any atom is 0.0471 e. The number of likely N-dealkylation sites (tertiary alicyclic amines) is 1. The molecule has 1 rings (SSSR count). The van der Waals surface area contributed by atoms with E-state index in [1.165, 1.54) is 32.4 Å². The number of aliphatic hydroxyl groups is 1. The van der Waals surface area contributed by atoms with E-state index in [1.807, 2.05) is 0 Å². The Balaban J connectivity index is 2.07. The molecule has 0 aromatic carbocycles. The molecule has 1 aliphatic rings. The van der Waals surface area contributed by atoms with Gasteiger partial charge in [0, 0.05) is 13.2 Å². The predicted molar refractivity (Wildman–Crippen MR) is 63.9 cm³/mol. The highest BCUT2D eigenvalue weighted by Gasteiger charge is 2.21. The summed E-state index contributed by atoms with van der Waals surface area (Å²) in [7, 11) is 0. The van der Waals surface area contributed by atoms with Crippen molar-refractivity contribution in [2.45, 2.75) is 26.2 Å². The third kappa shape index (κ3) is 4.20. The normalized spacial score (nSPS) is 25.5. The van der Waals surface area contributed by atoms with Gasteiger partial charge in [0.15, 0.2) is 0 Å². The highest BCUT2D eigenvalue weighted by Crippen LogP contribution is 2.17. The molecule has 1 fully saturated rings. The Morgan fingerprint density at radius 2 is 2.29 bits per heavy atom. The fourth-order valence-electron chi connectivity index (χ4n) is 2.03. The lowest BCUT2D eigenvalue weighted by atomic mass is 10.1. The maximum absolute atomic E-state index is 9.01. The molecule has 2 atom stereocenters. The first-order valence-electron chi connectivity index (χ1n) is 5.70. The van der Waals surface area contributed by atoms with Crippen LogP contribution in [0.1, 0.15) is 26.2 Å². The minimum atomic E-state index is 0.364. The molecule has 2 nitrogen and oxygen atoms in total. The van der Waals surface area contributed by atoms with Crippen LogP contribution in [0.15, 0.2) is 0 Å². The Hall–Kier alpha value is 0.270. The second-order valence-corrected chi connectivity index (χ2v) is 4.99. The Kier molecular flexibility index (Phi) is 5.90. The third-order valence-corrected chi connectivity index (χ3v) is 3.45. The molecule has 0 amide bonds. The van der Waals surface area contributed by atoms with Crippen LogP contribution in [-0.4, -0.2) is 42.0 Å². The van der Waals surface area contributed by atoms with Crippen molar-refractivity contribution < 1.29 is 5.11 Å². The van der Waals surface area contributed by atoms with Crippen LogP contribution in [0.2, 0.25) is 0 Å². The highest BCUT2D eigenvalue weighted by atomic mass is 32.1. The topological polar surface area (TPSA) is 23.5 Å². The standard InChI is InChI=1S/C11H23NOS/c1-10(4-7-14)2-5-12-6-3-11(8-12)9-13/h10-11,13-14H,2-9H2,1H3. The first kappa shape index (κ1) is 12.3. The summed E-state index contributed by atoms with van der Waals surface area (Å²) in [6.07, 6.45) is 3.68. The Bertz CT molecular complexity index is 154. The molecule has 0 aromatic rings. The zero-order valence-electron chi connectivity index (χ0n) is 9.15. The van der Waals surface area contributed by atoms with Crippen molar-refractivity contribution in [1.82, 2.24) is 4.90 Å². The molecule has 2 unspecified atom stereocenters. The van der Waals surface area contributed by atoms with Crippen LogP contribution >= 0.6 is 12.6 Å². The molecule has 1 aliphatic heterocycles. The molecule has 14 heavy (non-hydrogen) atoms. The van der Waals surface area contributed by atoms with Gasteiger partial charge in [-0.25, -0.2) is 0 Å². The van der Waals surface area contributed by atoms with Gasteiger partial charge in [0.1, 0.15) is 0 Å². The molecular formula is C11H23NOS. The van der Waals surface area contributed by atoms with E-state index in [9.17, 15) is 0 Å². The Morgan fingerprint density at radius 3 is 2.86 bits per heavy atom. The van der Waals surface area contributed by atoms with Crippen molar-refractivity contribution in [2.75, 3.05) is 32.0 Å². The number of hydrogen-bond donors (Lipinski definition) is 2. The number of rotatable bonds is 6. The summed E-state index contributed by atoms with van der Waals surface area (Å²) in [5.74, 6) is 2.33. The summed E-state index contributed by atoms with van der Waals surface area (Å²) in [6.45, 7) is 6.15. The first-order chi connectivity index (χ1) is 6.76. The lowest BCUT2D eigenvalue weighted by Crippen LogP contribution is -2.24. The van der Waals surface area contributed by atoms with Crippen LogP contribution in [0.4, 0.5) is 0 Å². The zero-order valence-corrected chi connectivity index (χ0v) is 10.0. The van der Waals surface area contributed by atoms with E-state index in [2.05, 4.69) is 24.5 Å². The van der Waals surface area contributed by atoms with Crippen LogP contribution in [0.5, 0.6) is 0 Å². The van der Waals surface area contributed by atoms with Crippen LogP contribution in [0.3, 0.4) is 0 Å². The fourth-order valence-corrected chi connectivity index (χ4v) is 2.47. The van der Waals surface area contributed by atoms with Crippen molar-refractivity contribution >= 4 is 12.6 Å². The third-order valence-electron chi connectivity index (χ3n) is 3.19. The van der Waals surface area contributed by atoms with Gasteiger partial charge in [-0.2, -0.15) is 12.6 Å². The Morgan fingerprint density at radius 1 is 1.50 bits per heavy atom. The summed E-state index contributed by atoms with van der Waals surface area (Å²) >= 11 is 4.25. The van der Waals surface area contributed by atoms with E-state index in [0.29, 0.717) is 12.5 Å². The molecule has 1 N–H and O–H groups in total. The van der Waals surface area contributed by atoms with Crippen molar-refractivity contribution in [3.8, 4) is 0 Å². The van der Waals surface area contributed by atoms with Crippen LogP contribution < -0.4 is 0 Å². The van der Waals surface area contributed by atoms with Gasteiger partial charge >= 0.3 is 0 Å². The second-order valence-electron chi connectivity index (χ2n) is 4.54. The van der Waals surface area contributed by atoms with Crippen molar-refractivity contribution in [2.24, 2.45) is 11.8 Å². The average Bonchev–Trinajstić information content (AvgIpc) is 2.63. The molecule has 3 heteroatoms. The van der Waals surface area contributed by atoms with Gasteiger partial charge < -0.3 is 10.0 Å². The van der Waals surface area contributed by atoms with E-state index in [-0.39, 0.29) is 0 Å². The first-order valence-corrected chi connectivity index (χ1v) is 6.33. The summed E-state index contributed by atoms with van der Waals surface area (Å²) in [5, 5.41) is 9.01. The summed E-state index contributed by atoms with van der Waals surface area (Å²) in [5.41, 5.74) is 0. The Labute approximate surface area is 93.1 Å². The quantitative estimate of drug-likeness (QED) is 0.661. The van der Waals surface area contributed by atoms with E-state index in [0.717, 1.165) is 18.2 Å². The summed E-state index contributed by atoms with van der Waals surface area (Å²) < 4.78 is 0. The van der Waals surface area contributed by atoms with Crippen LogP contribution in [-0.2, 0) is 0 Å². The van der Waals surface area contributed by atoms with Crippen LogP contribution in [0.25, 0.3) is 0 Å². The number of hydrogen-bond acceptors (Lipinski definition) is 3. The minimum Gasteiger partial charge on any atom is -0.396 e. The van der Waals surface area contributed by atoms with Crippen molar-refractivity contribution in [3.63, 3.8) is 0 Å². The van der Waals surface area contributed by atoms with E-state index >= 15 is 0 Å². The highest BCUT2D eigenvalue weighted by molar-refractivity contribution is 7.80. The van der Waals surface area contributed by atoms with Gasteiger partial charge in [-0.3, -0.25) is 0 Å². The molecule has 0 saturated carbocycles.